The van der Waals surface area contributed by atoms with Crippen LogP contribution in [0, 0.1) is 6.92 Å². The lowest BCUT2D eigenvalue weighted by molar-refractivity contribution is 0.0799. The molecule has 1 aromatic rings. The molecule has 0 aliphatic rings. The predicted molar refractivity (Wildman–Crippen MR) is 80.2 cm³/mol. The molecule has 0 fully saturated rings. The molecule has 0 bridgehead atoms. The second kappa shape index (κ2) is 7.73. The van der Waals surface area contributed by atoms with Crippen LogP contribution in [0.2, 0.25) is 0 Å². The summed E-state index contributed by atoms with van der Waals surface area (Å²) in [5.74, 6) is 0. The van der Waals surface area contributed by atoms with Gasteiger partial charge in [0, 0.05) is 19.7 Å². The van der Waals surface area contributed by atoms with Crippen LogP contribution in [0.5, 0.6) is 0 Å². The summed E-state index contributed by atoms with van der Waals surface area (Å²) in [6, 6.07) is 5.16. The average Bonchev–Trinajstić information content (AvgIpc) is 2.39. The van der Waals surface area contributed by atoms with Gasteiger partial charge in [-0.2, -0.15) is 0 Å². The van der Waals surface area contributed by atoms with Crippen molar-refractivity contribution in [1.82, 2.24) is 10.0 Å². The van der Waals surface area contributed by atoms with E-state index in [-0.39, 0.29) is 17.5 Å². The Morgan fingerprint density at radius 2 is 2.05 bits per heavy atom. The van der Waals surface area contributed by atoms with Crippen molar-refractivity contribution >= 4 is 10.0 Å². The zero-order valence-electron chi connectivity index (χ0n) is 12.6. The third-order valence-corrected chi connectivity index (χ3v) is 4.43. The van der Waals surface area contributed by atoms with Crippen molar-refractivity contribution < 1.29 is 13.2 Å². The maximum Gasteiger partial charge on any atom is 0.240 e. The van der Waals surface area contributed by atoms with E-state index in [1.165, 1.54) is 0 Å². The molecule has 0 aliphatic heterocycles. The number of hydrogen-bond donors (Lipinski definition) is 2. The minimum atomic E-state index is -3.49. The Kier molecular flexibility index (Phi) is 6.61. The zero-order chi connectivity index (χ0) is 15.2. The Morgan fingerprint density at radius 1 is 1.35 bits per heavy atom. The van der Waals surface area contributed by atoms with Gasteiger partial charge in [-0.05, 0) is 51.1 Å². The minimum Gasteiger partial charge on any atom is -0.377 e. The molecule has 6 heteroatoms. The number of rotatable bonds is 8. The van der Waals surface area contributed by atoms with E-state index in [9.17, 15) is 8.42 Å². The predicted octanol–water partition coefficient (Wildman–Crippen LogP) is 1.42. The number of aryl methyl sites for hydroxylation is 1. The fourth-order valence-electron chi connectivity index (χ4n) is 1.85. The van der Waals surface area contributed by atoms with Crippen molar-refractivity contribution in [1.29, 1.82) is 0 Å². The van der Waals surface area contributed by atoms with Gasteiger partial charge in [0.2, 0.25) is 10.0 Å². The molecule has 0 heterocycles. The highest BCUT2D eigenvalue weighted by Crippen LogP contribution is 2.15. The molecule has 0 aliphatic carbocycles. The van der Waals surface area contributed by atoms with E-state index in [2.05, 4.69) is 10.0 Å². The van der Waals surface area contributed by atoms with E-state index in [1.807, 2.05) is 33.9 Å². The van der Waals surface area contributed by atoms with Gasteiger partial charge in [-0.15, -0.1) is 0 Å². The van der Waals surface area contributed by atoms with E-state index in [4.69, 9.17) is 4.74 Å². The van der Waals surface area contributed by atoms with Crippen molar-refractivity contribution in [2.75, 3.05) is 20.2 Å². The van der Waals surface area contributed by atoms with Crippen molar-refractivity contribution in [3.05, 3.63) is 29.3 Å². The fraction of sp³-hybridized carbons (Fsp3) is 0.571. The number of nitrogens with one attached hydrogen (secondary N) is 2. The van der Waals surface area contributed by atoms with Gasteiger partial charge < -0.3 is 10.1 Å². The third kappa shape index (κ3) is 4.86. The van der Waals surface area contributed by atoms with Crippen LogP contribution in [-0.4, -0.2) is 34.7 Å². The van der Waals surface area contributed by atoms with Crippen molar-refractivity contribution in [2.45, 2.75) is 38.3 Å². The molecule has 0 amide bonds. The molecule has 5 nitrogen and oxygen atoms in total. The summed E-state index contributed by atoms with van der Waals surface area (Å²) >= 11 is 0. The Balaban J connectivity index is 2.84. The van der Waals surface area contributed by atoms with Gasteiger partial charge in [0.05, 0.1) is 11.0 Å². The van der Waals surface area contributed by atoms with E-state index in [0.717, 1.165) is 11.1 Å². The summed E-state index contributed by atoms with van der Waals surface area (Å²) in [5, 5.41) is 3.04. The molecule has 0 saturated heterocycles. The van der Waals surface area contributed by atoms with Gasteiger partial charge in [0.1, 0.15) is 0 Å². The van der Waals surface area contributed by atoms with Gasteiger partial charge >= 0.3 is 0 Å². The van der Waals surface area contributed by atoms with Gasteiger partial charge in [0.15, 0.2) is 0 Å². The number of sulfonamides is 1. The second-order valence-electron chi connectivity index (χ2n) is 4.74. The monoisotopic (exact) mass is 300 g/mol. The molecule has 2 N–H and O–H groups in total. The highest BCUT2D eigenvalue weighted by atomic mass is 32.2. The second-order valence-corrected chi connectivity index (χ2v) is 6.50. The van der Waals surface area contributed by atoms with Crippen LogP contribution in [0.3, 0.4) is 0 Å². The van der Waals surface area contributed by atoms with Crippen molar-refractivity contribution in [3.63, 3.8) is 0 Å². The zero-order valence-corrected chi connectivity index (χ0v) is 13.4. The molecular formula is C14H24N2O3S. The molecule has 0 spiro atoms. The first-order valence-electron chi connectivity index (χ1n) is 6.76. The van der Waals surface area contributed by atoms with Gasteiger partial charge in [-0.25, -0.2) is 13.1 Å². The third-order valence-electron chi connectivity index (χ3n) is 3.01. The van der Waals surface area contributed by atoms with Crippen LogP contribution in [0.25, 0.3) is 0 Å². The Bertz CT molecular complexity index is 529. The fourth-order valence-corrected chi connectivity index (χ4v) is 3.02. The molecular weight excluding hydrogens is 276 g/mol. The molecule has 0 aromatic heterocycles. The minimum absolute atomic E-state index is 0.142. The highest BCUT2D eigenvalue weighted by Gasteiger charge is 2.16. The Morgan fingerprint density at radius 3 is 2.65 bits per heavy atom. The molecule has 1 atom stereocenters. The summed E-state index contributed by atoms with van der Waals surface area (Å²) in [7, 11) is -1.65. The van der Waals surface area contributed by atoms with Crippen LogP contribution in [0.4, 0.5) is 0 Å². The number of hydrogen-bond acceptors (Lipinski definition) is 4. The summed E-state index contributed by atoms with van der Waals surface area (Å²) in [6.07, 6.45) is -0.142. The number of benzene rings is 1. The van der Waals surface area contributed by atoms with Crippen LogP contribution in [0.1, 0.15) is 25.0 Å². The Hall–Kier alpha value is -0.950. The first-order chi connectivity index (χ1) is 9.40. The largest absolute Gasteiger partial charge is 0.377 e. The molecule has 1 unspecified atom stereocenters. The molecule has 0 saturated carbocycles. The van der Waals surface area contributed by atoms with Gasteiger partial charge in [-0.1, -0.05) is 6.07 Å². The number of ether oxygens (including phenoxy) is 1. The summed E-state index contributed by atoms with van der Waals surface area (Å²) < 4.78 is 32.3. The first-order valence-corrected chi connectivity index (χ1v) is 8.24. The summed E-state index contributed by atoms with van der Waals surface area (Å²) in [5.41, 5.74) is 2.05. The SMILES string of the molecule is CCOC(C)CNS(=O)(=O)c1ccc(C)c(CNC)c1. The lowest BCUT2D eigenvalue weighted by Crippen LogP contribution is -2.32. The highest BCUT2D eigenvalue weighted by molar-refractivity contribution is 7.89. The first kappa shape index (κ1) is 17.1. The van der Waals surface area contributed by atoms with E-state index in [0.29, 0.717) is 13.2 Å². The van der Waals surface area contributed by atoms with E-state index < -0.39 is 10.0 Å². The Labute approximate surface area is 121 Å². The average molecular weight is 300 g/mol. The summed E-state index contributed by atoms with van der Waals surface area (Å²) in [6.45, 7) is 7.17. The van der Waals surface area contributed by atoms with Crippen molar-refractivity contribution in [2.24, 2.45) is 0 Å². The van der Waals surface area contributed by atoms with Gasteiger partial charge in [0.25, 0.3) is 0 Å². The van der Waals surface area contributed by atoms with Crippen LogP contribution in [0.15, 0.2) is 23.1 Å². The molecule has 0 radical (unpaired) electrons. The molecule has 114 valence electrons. The molecule has 1 rings (SSSR count). The molecule has 1 aromatic carbocycles. The summed E-state index contributed by atoms with van der Waals surface area (Å²) in [4.78, 5) is 0.289. The van der Waals surface area contributed by atoms with E-state index >= 15 is 0 Å². The van der Waals surface area contributed by atoms with Crippen LogP contribution >= 0.6 is 0 Å². The maximum absolute atomic E-state index is 12.2. The van der Waals surface area contributed by atoms with E-state index in [1.54, 1.807) is 12.1 Å². The molecule has 20 heavy (non-hydrogen) atoms. The van der Waals surface area contributed by atoms with Crippen molar-refractivity contribution in [3.8, 4) is 0 Å². The normalized spacial score (nSPS) is 13.4. The lowest BCUT2D eigenvalue weighted by Gasteiger charge is -2.14. The lowest BCUT2D eigenvalue weighted by atomic mass is 10.1. The standard InChI is InChI=1S/C14H24N2O3S/c1-5-19-12(3)9-16-20(17,18)14-7-6-11(2)13(8-14)10-15-4/h6-8,12,15-16H,5,9-10H2,1-4H3. The van der Waals surface area contributed by atoms with Gasteiger partial charge in [-0.3, -0.25) is 0 Å². The van der Waals surface area contributed by atoms with Crippen LogP contribution < -0.4 is 10.0 Å². The maximum atomic E-state index is 12.2. The van der Waals surface area contributed by atoms with Crippen LogP contribution in [-0.2, 0) is 21.3 Å². The quantitative estimate of drug-likeness (QED) is 0.762. The smallest absolute Gasteiger partial charge is 0.240 e. The topological polar surface area (TPSA) is 67.4 Å².